The maximum atomic E-state index is 12.2. The van der Waals surface area contributed by atoms with Gasteiger partial charge in [-0.1, -0.05) is 0 Å². The SMILES string of the molecule is O=C(COc1ccc2c(c1)C(=O)C1(CC1)O2)N1CCCC1. The molecule has 0 bridgehead atoms. The Kier molecular flexibility index (Phi) is 2.71. The van der Waals surface area contributed by atoms with Crippen LogP contribution in [0, 0.1) is 0 Å². The standard InChI is InChI=1S/C16H17NO4/c18-14(17-7-1-2-8-17)10-20-11-3-4-13-12(9-11)15(19)16(21-13)5-6-16/h3-4,9H,1-2,5-8,10H2. The summed E-state index contributed by atoms with van der Waals surface area (Å²) in [6.45, 7) is 1.67. The van der Waals surface area contributed by atoms with E-state index in [0.717, 1.165) is 38.8 Å². The van der Waals surface area contributed by atoms with Crippen LogP contribution in [0.4, 0.5) is 0 Å². The number of nitrogens with zero attached hydrogens (tertiary/aromatic N) is 1. The molecule has 3 aliphatic rings. The maximum absolute atomic E-state index is 12.2. The minimum atomic E-state index is -0.577. The monoisotopic (exact) mass is 287 g/mol. The van der Waals surface area contributed by atoms with Gasteiger partial charge in [-0.05, 0) is 43.9 Å². The lowest BCUT2D eigenvalue weighted by Gasteiger charge is -2.15. The van der Waals surface area contributed by atoms with Crippen LogP contribution < -0.4 is 9.47 Å². The molecule has 1 amide bonds. The van der Waals surface area contributed by atoms with Gasteiger partial charge < -0.3 is 14.4 Å². The number of ketones is 1. The fraction of sp³-hybridized carbons (Fsp3) is 0.500. The summed E-state index contributed by atoms with van der Waals surface area (Å²) in [7, 11) is 0. The zero-order chi connectivity index (χ0) is 14.4. The minimum Gasteiger partial charge on any atom is -0.484 e. The van der Waals surface area contributed by atoms with Crippen molar-refractivity contribution in [3.05, 3.63) is 23.8 Å². The third kappa shape index (κ3) is 2.07. The van der Waals surface area contributed by atoms with Gasteiger partial charge in [0.1, 0.15) is 11.5 Å². The first kappa shape index (κ1) is 12.7. The topological polar surface area (TPSA) is 55.8 Å². The normalized spacial score (nSPS) is 21.3. The zero-order valence-electron chi connectivity index (χ0n) is 11.8. The third-order valence-corrected chi connectivity index (χ3v) is 4.44. The van der Waals surface area contributed by atoms with Crippen molar-refractivity contribution < 1.29 is 19.1 Å². The van der Waals surface area contributed by atoms with E-state index in [2.05, 4.69) is 0 Å². The zero-order valence-corrected chi connectivity index (χ0v) is 11.8. The largest absolute Gasteiger partial charge is 0.484 e. The number of fused-ring (bicyclic) bond motifs is 1. The van der Waals surface area contributed by atoms with Gasteiger partial charge in [0, 0.05) is 13.1 Å². The Bertz CT molecular complexity index is 615. The van der Waals surface area contributed by atoms with E-state index in [0.29, 0.717) is 17.1 Å². The van der Waals surface area contributed by atoms with Gasteiger partial charge in [-0.15, -0.1) is 0 Å². The molecule has 1 aromatic carbocycles. The molecule has 4 rings (SSSR count). The van der Waals surface area contributed by atoms with Crippen molar-refractivity contribution in [2.24, 2.45) is 0 Å². The van der Waals surface area contributed by atoms with Gasteiger partial charge in [-0.3, -0.25) is 9.59 Å². The van der Waals surface area contributed by atoms with Crippen molar-refractivity contribution in [1.82, 2.24) is 4.90 Å². The summed E-state index contributed by atoms with van der Waals surface area (Å²) in [5.41, 5.74) is 0.00500. The molecule has 1 aliphatic carbocycles. The molecule has 1 saturated carbocycles. The van der Waals surface area contributed by atoms with E-state index in [-0.39, 0.29) is 18.3 Å². The number of likely N-dealkylation sites (tertiary alicyclic amines) is 1. The van der Waals surface area contributed by atoms with E-state index in [1.54, 1.807) is 18.2 Å². The molecular formula is C16H17NO4. The van der Waals surface area contributed by atoms with Gasteiger partial charge in [0.05, 0.1) is 5.56 Å². The van der Waals surface area contributed by atoms with Crippen molar-refractivity contribution in [2.75, 3.05) is 19.7 Å². The van der Waals surface area contributed by atoms with Crippen molar-refractivity contribution in [2.45, 2.75) is 31.3 Å². The van der Waals surface area contributed by atoms with Crippen molar-refractivity contribution in [1.29, 1.82) is 0 Å². The summed E-state index contributed by atoms with van der Waals surface area (Å²) in [5, 5.41) is 0. The third-order valence-electron chi connectivity index (χ3n) is 4.44. The highest BCUT2D eigenvalue weighted by molar-refractivity contribution is 6.09. The van der Waals surface area contributed by atoms with E-state index >= 15 is 0 Å². The van der Waals surface area contributed by atoms with Gasteiger partial charge in [-0.2, -0.15) is 0 Å². The van der Waals surface area contributed by atoms with Crippen molar-refractivity contribution in [3.8, 4) is 11.5 Å². The Hall–Kier alpha value is -2.04. The van der Waals surface area contributed by atoms with Gasteiger partial charge in [0.15, 0.2) is 12.2 Å². The predicted octanol–water partition coefficient (Wildman–Crippen LogP) is 1.80. The van der Waals surface area contributed by atoms with Crippen molar-refractivity contribution >= 4 is 11.7 Å². The fourth-order valence-electron chi connectivity index (χ4n) is 3.01. The molecule has 0 atom stereocenters. The highest BCUT2D eigenvalue weighted by Crippen LogP contribution is 2.50. The number of rotatable bonds is 3. The molecule has 2 fully saturated rings. The number of amides is 1. The van der Waals surface area contributed by atoms with Crippen LogP contribution in [0.1, 0.15) is 36.0 Å². The van der Waals surface area contributed by atoms with E-state index < -0.39 is 5.60 Å². The van der Waals surface area contributed by atoms with Crippen molar-refractivity contribution in [3.63, 3.8) is 0 Å². The summed E-state index contributed by atoms with van der Waals surface area (Å²) in [6, 6.07) is 5.21. The average molecular weight is 287 g/mol. The number of Topliss-reactive ketones (excluding diaryl/α,β-unsaturated/α-hetero) is 1. The van der Waals surface area contributed by atoms with Crippen LogP contribution in [0.25, 0.3) is 0 Å². The Morgan fingerprint density at radius 1 is 1.29 bits per heavy atom. The van der Waals surface area contributed by atoms with Crippen LogP contribution in [0.15, 0.2) is 18.2 Å². The molecule has 0 aromatic heterocycles. The lowest BCUT2D eigenvalue weighted by Crippen LogP contribution is -2.32. The molecule has 2 heterocycles. The van der Waals surface area contributed by atoms with Crippen LogP contribution in [0.2, 0.25) is 0 Å². The number of hydrogen-bond acceptors (Lipinski definition) is 4. The Morgan fingerprint density at radius 2 is 2.05 bits per heavy atom. The van der Waals surface area contributed by atoms with Crippen LogP contribution in [0.5, 0.6) is 11.5 Å². The summed E-state index contributed by atoms with van der Waals surface area (Å²) >= 11 is 0. The summed E-state index contributed by atoms with van der Waals surface area (Å²) in [5.74, 6) is 1.25. The molecule has 0 radical (unpaired) electrons. The average Bonchev–Trinajstić information content (AvgIpc) is 2.97. The number of ether oxygens (including phenoxy) is 2. The van der Waals surface area contributed by atoms with Gasteiger partial charge in [-0.25, -0.2) is 0 Å². The number of carbonyl (C=O) groups is 2. The Balaban J connectivity index is 1.44. The van der Waals surface area contributed by atoms with E-state index in [4.69, 9.17) is 9.47 Å². The Morgan fingerprint density at radius 3 is 2.76 bits per heavy atom. The first-order valence-electron chi connectivity index (χ1n) is 7.46. The molecule has 2 aliphatic heterocycles. The molecular weight excluding hydrogens is 270 g/mol. The highest BCUT2D eigenvalue weighted by atomic mass is 16.5. The van der Waals surface area contributed by atoms with Gasteiger partial charge in [0.2, 0.25) is 5.78 Å². The van der Waals surface area contributed by atoms with Crippen LogP contribution in [-0.4, -0.2) is 41.9 Å². The molecule has 1 saturated heterocycles. The molecule has 0 unspecified atom stereocenters. The van der Waals surface area contributed by atoms with Crippen LogP contribution in [0.3, 0.4) is 0 Å². The lowest BCUT2D eigenvalue weighted by molar-refractivity contribution is -0.132. The molecule has 1 spiro atoms. The fourth-order valence-corrected chi connectivity index (χ4v) is 3.01. The van der Waals surface area contributed by atoms with E-state index in [1.807, 2.05) is 4.90 Å². The number of benzene rings is 1. The predicted molar refractivity (Wildman–Crippen MR) is 74.7 cm³/mol. The smallest absolute Gasteiger partial charge is 0.260 e. The lowest BCUT2D eigenvalue weighted by atomic mass is 10.1. The Labute approximate surface area is 122 Å². The van der Waals surface area contributed by atoms with Gasteiger partial charge in [0.25, 0.3) is 5.91 Å². The number of carbonyl (C=O) groups excluding carboxylic acids is 2. The molecule has 110 valence electrons. The summed E-state index contributed by atoms with van der Waals surface area (Å²) in [4.78, 5) is 26.0. The maximum Gasteiger partial charge on any atom is 0.260 e. The van der Waals surface area contributed by atoms with E-state index in [9.17, 15) is 9.59 Å². The summed E-state index contributed by atoms with van der Waals surface area (Å²) < 4.78 is 11.2. The quantitative estimate of drug-likeness (QED) is 0.850. The first-order valence-corrected chi connectivity index (χ1v) is 7.46. The molecule has 1 aromatic rings. The minimum absolute atomic E-state index is 0.00855. The first-order chi connectivity index (χ1) is 10.2. The second-order valence-electron chi connectivity index (χ2n) is 5.96. The van der Waals surface area contributed by atoms with Gasteiger partial charge >= 0.3 is 0 Å². The second-order valence-corrected chi connectivity index (χ2v) is 5.96. The summed E-state index contributed by atoms with van der Waals surface area (Å²) in [6.07, 6.45) is 3.73. The molecule has 0 N–H and O–H groups in total. The molecule has 5 nitrogen and oxygen atoms in total. The van der Waals surface area contributed by atoms with Crippen LogP contribution >= 0.6 is 0 Å². The molecule has 5 heteroatoms. The number of hydrogen-bond donors (Lipinski definition) is 0. The second kappa shape index (κ2) is 4.48. The highest BCUT2D eigenvalue weighted by Gasteiger charge is 2.57. The van der Waals surface area contributed by atoms with E-state index in [1.165, 1.54) is 0 Å². The molecule has 21 heavy (non-hydrogen) atoms. The van der Waals surface area contributed by atoms with Crippen LogP contribution in [-0.2, 0) is 4.79 Å².